The number of para-hydroxylation sites is 1. The molecule has 8 heteroatoms. The maximum Gasteiger partial charge on any atom is 0.421 e. The number of benzene rings is 1. The van der Waals surface area contributed by atoms with Gasteiger partial charge in [0.25, 0.3) is 0 Å². The topological polar surface area (TPSA) is 48.1 Å². The van der Waals surface area contributed by atoms with Gasteiger partial charge in [0, 0.05) is 0 Å². The van der Waals surface area contributed by atoms with E-state index < -0.39 is 17.6 Å². The first kappa shape index (κ1) is 14.7. The average molecular weight is 323 g/mol. The van der Waals surface area contributed by atoms with E-state index in [4.69, 9.17) is 33.7 Å². The maximum atomic E-state index is 12.9. The Balaban J connectivity index is 2.49. The Labute approximate surface area is 122 Å². The molecule has 0 aliphatic heterocycles. The molecule has 1 aromatic carbocycles. The number of hydrogen-bond donors (Lipinski definition) is 1. The van der Waals surface area contributed by atoms with Crippen LogP contribution in [0, 0.1) is 0 Å². The van der Waals surface area contributed by atoms with Gasteiger partial charge in [-0.05, 0) is 18.2 Å². The lowest BCUT2D eigenvalue weighted by atomic mass is 10.2. The highest BCUT2D eigenvalue weighted by Crippen LogP contribution is 2.41. The van der Waals surface area contributed by atoms with Crippen LogP contribution in [0.3, 0.4) is 0 Å². The zero-order chi connectivity index (χ0) is 14.9. The first-order valence-corrected chi connectivity index (χ1v) is 5.99. The monoisotopic (exact) mass is 322 g/mol. The van der Waals surface area contributed by atoms with E-state index in [-0.39, 0.29) is 21.5 Å². The van der Waals surface area contributed by atoms with Crippen LogP contribution in [0.2, 0.25) is 10.0 Å². The molecule has 0 aliphatic rings. The number of hydrogen-bond acceptors (Lipinski definition) is 3. The van der Waals surface area contributed by atoms with E-state index in [1.807, 2.05) is 0 Å². The zero-order valence-corrected chi connectivity index (χ0v) is 11.2. The molecular weight excluding hydrogens is 316 g/mol. The predicted octanol–water partition coefficient (Wildman–Crippen LogP) is 4.78. The third-order valence-electron chi connectivity index (χ3n) is 2.30. The van der Waals surface area contributed by atoms with Crippen molar-refractivity contribution in [3.63, 3.8) is 0 Å². The Bertz CT molecular complexity index is 627. The van der Waals surface area contributed by atoms with Gasteiger partial charge in [-0.2, -0.15) is 13.2 Å². The summed E-state index contributed by atoms with van der Waals surface area (Å²) in [5, 5.41) is 0.147. The van der Waals surface area contributed by atoms with Crippen molar-refractivity contribution in [3.8, 4) is 11.6 Å². The fourth-order valence-electron chi connectivity index (χ4n) is 1.43. The molecule has 0 bridgehead atoms. The third kappa shape index (κ3) is 3.08. The number of alkyl halides is 3. The van der Waals surface area contributed by atoms with Crippen LogP contribution in [0.25, 0.3) is 0 Å². The number of rotatable bonds is 2. The molecule has 0 fully saturated rings. The van der Waals surface area contributed by atoms with Crippen molar-refractivity contribution < 1.29 is 17.9 Å². The summed E-state index contributed by atoms with van der Waals surface area (Å²) in [4.78, 5) is 3.54. The molecule has 0 saturated carbocycles. The third-order valence-corrected chi connectivity index (χ3v) is 2.89. The summed E-state index contributed by atoms with van der Waals surface area (Å²) in [7, 11) is 0. The Morgan fingerprint density at radius 2 is 1.75 bits per heavy atom. The van der Waals surface area contributed by atoms with Gasteiger partial charge in [-0.3, -0.25) is 0 Å². The molecule has 0 aliphatic carbocycles. The minimum Gasteiger partial charge on any atom is -0.435 e. The van der Waals surface area contributed by atoms with Gasteiger partial charge in [0.05, 0.1) is 21.9 Å². The van der Waals surface area contributed by atoms with E-state index >= 15 is 0 Å². The van der Waals surface area contributed by atoms with Gasteiger partial charge >= 0.3 is 6.18 Å². The van der Waals surface area contributed by atoms with Crippen LogP contribution < -0.4 is 10.5 Å². The average Bonchev–Trinajstić information content (AvgIpc) is 2.34. The highest BCUT2D eigenvalue weighted by molar-refractivity contribution is 6.37. The lowest BCUT2D eigenvalue weighted by molar-refractivity contribution is -0.138. The molecule has 3 nitrogen and oxygen atoms in total. The first-order valence-electron chi connectivity index (χ1n) is 5.23. The Kier molecular flexibility index (Phi) is 3.96. The van der Waals surface area contributed by atoms with E-state index in [9.17, 15) is 13.2 Å². The van der Waals surface area contributed by atoms with Gasteiger partial charge in [0.2, 0.25) is 5.88 Å². The molecule has 2 N–H and O–H groups in total. The van der Waals surface area contributed by atoms with E-state index in [2.05, 4.69) is 4.98 Å². The van der Waals surface area contributed by atoms with Gasteiger partial charge in [-0.15, -0.1) is 0 Å². The molecule has 106 valence electrons. The van der Waals surface area contributed by atoms with Crippen LogP contribution >= 0.6 is 23.2 Å². The second kappa shape index (κ2) is 5.38. The molecule has 1 aromatic heterocycles. The normalized spacial score (nSPS) is 11.4. The SMILES string of the molecule is Nc1cnc(Oc2c(Cl)cccc2Cl)c(C(F)(F)F)c1. The van der Waals surface area contributed by atoms with E-state index in [1.54, 1.807) is 6.07 Å². The molecule has 0 amide bonds. The van der Waals surface area contributed by atoms with Crippen molar-refractivity contribution in [2.45, 2.75) is 6.18 Å². The first-order chi connectivity index (χ1) is 9.29. The minimum atomic E-state index is -4.66. The molecule has 1 heterocycles. The minimum absolute atomic E-state index is 0.0734. The Hall–Kier alpha value is -1.66. The van der Waals surface area contributed by atoms with Crippen molar-refractivity contribution in [3.05, 3.63) is 46.1 Å². The quantitative estimate of drug-likeness (QED) is 0.865. The van der Waals surface area contributed by atoms with Crippen LogP contribution in [0.1, 0.15) is 5.56 Å². The summed E-state index contributed by atoms with van der Waals surface area (Å²) < 4.78 is 43.8. The van der Waals surface area contributed by atoms with Crippen LogP contribution in [0.4, 0.5) is 18.9 Å². The molecule has 0 saturated heterocycles. The van der Waals surface area contributed by atoms with E-state index in [0.29, 0.717) is 0 Å². The molecule has 2 aromatic rings. The summed E-state index contributed by atoms with van der Waals surface area (Å²) in [5.74, 6) is -0.764. The van der Waals surface area contributed by atoms with Crippen molar-refractivity contribution in [1.29, 1.82) is 0 Å². The van der Waals surface area contributed by atoms with Gasteiger partial charge in [-0.25, -0.2) is 4.98 Å². The highest BCUT2D eigenvalue weighted by atomic mass is 35.5. The number of anilines is 1. The molecule has 0 atom stereocenters. The number of ether oxygens (including phenoxy) is 1. The van der Waals surface area contributed by atoms with E-state index in [0.717, 1.165) is 12.3 Å². The van der Waals surface area contributed by atoms with Gasteiger partial charge in [-0.1, -0.05) is 29.3 Å². The fourth-order valence-corrected chi connectivity index (χ4v) is 1.90. The van der Waals surface area contributed by atoms with Crippen molar-refractivity contribution in [2.24, 2.45) is 0 Å². The summed E-state index contributed by atoms with van der Waals surface area (Å²) in [6.45, 7) is 0. The lowest BCUT2D eigenvalue weighted by Crippen LogP contribution is -2.09. The van der Waals surface area contributed by atoms with Gasteiger partial charge < -0.3 is 10.5 Å². The lowest BCUT2D eigenvalue weighted by Gasteiger charge is -2.14. The number of nitrogens with two attached hydrogens (primary N) is 1. The molecule has 2 rings (SSSR count). The molecule has 0 spiro atoms. The predicted molar refractivity (Wildman–Crippen MR) is 70.2 cm³/mol. The summed E-state index contributed by atoms with van der Waals surface area (Å²) in [5.41, 5.74) is 4.07. The smallest absolute Gasteiger partial charge is 0.421 e. The van der Waals surface area contributed by atoms with Crippen LogP contribution in [0.15, 0.2) is 30.5 Å². The number of nitrogens with zero attached hydrogens (tertiary/aromatic N) is 1. The van der Waals surface area contributed by atoms with E-state index in [1.165, 1.54) is 12.1 Å². The number of aromatic nitrogens is 1. The second-order valence-electron chi connectivity index (χ2n) is 3.77. The molecule has 0 unspecified atom stereocenters. The van der Waals surface area contributed by atoms with Crippen LogP contribution in [-0.2, 0) is 6.18 Å². The highest BCUT2D eigenvalue weighted by Gasteiger charge is 2.36. The fraction of sp³-hybridized carbons (Fsp3) is 0.0833. The maximum absolute atomic E-state index is 12.9. The van der Waals surface area contributed by atoms with Crippen molar-refractivity contribution in [1.82, 2.24) is 4.98 Å². The summed E-state index contributed by atoms with van der Waals surface area (Å²) in [6.07, 6.45) is -3.61. The van der Waals surface area contributed by atoms with Gasteiger partial charge in [0.1, 0.15) is 5.56 Å². The number of nitrogen functional groups attached to an aromatic ring is 1. The molecule has 0 radical (unpaired) electrons. The standard InChI is InChI=1S/C12H7Cl2F3N2O/c13-8-2-1-3-9(14)10(8)20-11-7(12(15,16)17)4-6(18)5-19-11/h1-5H,18H2. The Morgan fingerprint density at radius 1 is 1.15 bits per heavy atom. The zero-order valence-electron chi connectivity index (χ0n) is 9.71. The van der Waals surface area contributed by atoms with Gasteiger partial charge in [0.15, 0.2) is 5.75 Å². The second-order valence-corrected chi connectivity index (χ2v) is 4.59. The van der Waals surface area contributed by atoms with Crippen molar-refractivity contribution >= 4 is 28.9 Å². The van der Waals surface area contributed by atoms with Crippen molar-refractivity contribution in [2.75, 3.05) is 5.73 Å². The van der Waals surface area contributed by atoms with Crippen LogP contribution in [-0.4, -0.2) is 4.98 Å². The molecular formula is C12H7Cl2F3N2O. The number of pyridine rings is 1. The van der Waals surface area contributed by atoms with Crippen LogP contribution in [0.5, 0.6) is 11.6 Å². The largest absolute Gasteiger partial charge is 0.435 e. The number of halogens is 5. The molecule has 20 heavy (non-hydrogen) atoms. The summed E-state index contributed by atoms with van der Waals surface area (Å²) in [6, 6.07) is 5.15. The Morgan fingerprint density at radius 3 is 2.30 bits per heavy atom. The summed E-state index contributed by atoms with van der Waals surface area (Å²) >= 11 is 11.7.